The van der Waals surface area contributed by atoms with Crippen molar-refractivity contribution in [2.24, 2.45) is 0 Å². The summed E-state index contributed by atoms with van der Waals surface area (Å²) in [6.45, 7) is 0.358. The number of rotatable bonds is 4. The van der Waals surface area contributed by atoms with Crippen LogP contribution in [-0.4, -0.2) is 6.61 Å². The van der Waals surface area contributed by atoms with E-state index in [4.69, 9.17) is 10.00 Å². The predicted molar refractivity (Wildman–Crippen MR) is 66.7 cm³/mol. The smallest absolute Gasteiger partial charge is 0.162 e. The normalized spacial score (nSPS) is 9.95. The maximum Gasteiger partial charge on any atom is 0.162 e. The molecule has 0 aliphatic heterocycles. The summed E-state index contributed by atoms with van der Waals surface area (Å²) in [6.07, 6.45) is 0.630. The molecule has 0 aliphatic rings. The molecule has 2 aromatic carbocycles. The third-order valence-electron chi connectivity index (χ3n) is 2.63. The highest BCUT2D eigenvalue weighted by Crippen LogP contribution is 2.15. The fraction of sp³-hybridized carbons (Fsp3) is 0.133. The molecule has 2 aromatic rings. The molecule has 4 heteroatoms. The highest BCUT2D eigenvalue weighted by atomic mass is 19.2. The molecule has 0 saturated carbocycles. The molecule has 19 heavy (non-hydrogen) atoms. The number of halogens is 2. The van der Waals surface area contributed by atoms with Gasteiger partial charge in [-0.25, -0.2) is 8.78 Å². The summed E-state index contributed by atoms with van der Waals surface area (Å²) in [4.78, 5) is 0. The lowest BCUT2D eigenvalue weighted by molar-refractivity contribution is 0.318. The van der Waals surface area contributed by atoms with E-state index in [1.54, 1.807) is 12.1 Å². The van der Waals surface area contributed by atoms with Gasteiger partial charge in [0.2, 0.25) is 0 Å². The largest absolute Gasteiger partial charge is 0.493 e. The predicted octanol–water partition coefficient (Wildman–Crippen LogP) is 3.46. The molecular weight excluding hydrogens is 248 g/mol. The van der Waals surface area contributed by atoms with E-state index in [1.165, 1.54) is 6.07 Å². The van der Waals surface area contributed by atoms with Crippen molar-refractivity contribution in [1.82, 2.24) is 0 Å². The van der Waals surface area contributed by atoms with Crippen LogP contribution in [0.3, 0.4) is 0 Å². The summed E-state index contributed by atoms with van der Waals surface area (Å²) in [6, 6.07) is 12.6. The van der Waals surface area contributed by atoms with Gasteiger partial charge in [0.05, 0.1) is 18.2 Å². The second-order valence-electron chi connectivity index (χ2n) is 3.98. The van der Waals surface area contributed by atoms with E-state index in [9.17, 15) is 8.78 Å². The first-order valence-electron chi connectivity index (χ1n) is 5.76. The summed E-state index contributed by atoms with van der Waals surface area (Å²) in [7, 11) is 0. The summed E-state index contributed by atoms with van der Waals surface area (Å²) in [5, 5.41) is 8.66. The fourth-order valence-electron chi connectivity index (χ4n) is 1.60. The maximum absolute atomic E-state index is 12.9. The molecule has 0 N–H and O–H groups in total. The minimum atomic E-state index is -0.920. The second kappa shape index (κ2) is 5.96. The summed E-state index contributed by atoms with van der Waals surface area (Å²) >= 11 is 0. The van der Waals surface area contributed by atoms with Crippen LogP contribution in [0.2, 0.25) is 0 Å². The third-order valence-corrected chi connectivity index (χ3v) is 2.63. The van der Waals surface area contributed by atoms with Crippen molar-refractivity contribution in [2.45, 2.75) is 6.42 Å². The van der Waals surface area contributed by atoms with Crippen LogP contribution in [0.15, 0.2) is 42.5 Å². The monoisotopic (exact) mass is 259 g/mol. The molecule has 0 fully saturated rings. The number of benzene rings is 2. The van der Waals surface area contributed by atoms with Crippen LogP contribution < -0.4 is 4.74 Å². The molecular formula is C15H11F2NO. The topological polar surface area (TPSA) is 33.0 Å². The molecule has 96 valence electrons. The Labute approximate surface area is 109 Å². The minimum absolute atomic E-state index is 0.299. The van der Waals surface area contributed by atoms with E-state index < -0.39 is 11.6 Å². The molecule has 0 amide bonds. The van der Waals surface area contributed by atoms with Crippen molar-refractivity contribution in [3.8, 4) is 11.8 Å². The lowest BCUT2D eigenvalue weighted by Gasteiger charge is -2.06. The quantitative estimate of drug-likeness (QED) is 0.842. The number of nitriles is 1. The lowest BCUT2D eigenvalue weighted by Crippen LogP contribution is -2.02. The second-order valence-corrected chi connectivity index (χ2v) is 3.98. The SMILES string of the molecule is N#Cc1ccc(CCOc2ccc(F)c(F)c2)cc1. The molecule has 2 rings (SSSR count). The molecule has 0 radical (unpaired) electrons. The average molecular weight is 259 g/mol. The Morgan fingerprint density at radius 3 is 2.37 bits per heavy atom. The molecule has 0 aliphatic carbocycles. The Morgan fingerprint density at radius 2 is 1.74 bits per heavy atom. The van der Waals surface area contributed by atoms with Crippen molar-refractivity contribution in [2.75, 3.05) is 6.61 Å². The number of hydrogen-bond acceptors (Lipinski definition) is 2. The van der Waals surface area contributed by atoms with E-state index in [2.05, 4.69) is 0 Å². The van der Waals surface area contributed by atoms with Gasteiger partial charge in [-0.15, -0.1) is 0 Å². The van der Waals surface area contributed by atoms with Crippen molar-refractivity contribution < 1.29 is 13.5 Å². The Morgan fingerprint density at radius 1 is 1.00 bits per heavy atom. The van der Waals surface area contributed by atoms with Gasteiger partial charge in [0.25, 0.3) is 0 Å². The van der Waals surface area contributed by atoms with Crippen LogP contribution in [0.25, 0.3) is 0 Å². The molecule has 0 atom stereocenters. The van der Waals surface area contributed by atoms with Gasteiger partial charge in [-0.05, 0) is 29.8 Å². The van der Waals surface area contributed by atoms with Crippen LogP contribution in [0.5, 0.6) is 5.75 Å². The highest BCUT2D eigenvalue weighted by Gasteiger charge is 2.03. The zero-order chi connectivity index (χ0) is 13.7. The molecule has 0 saturated heterocycles. The van der Waals surface area contributed by atoms with E-state index in [1.807, 2.05) is 18.2 Å². The summed E-state index contributed by atoms with van der Waals surface area (Å²) < 4.78 is 31.0. The van der Waals surface area contributed by atoms with Crippen LogP contribution in [0.4, 0.5) is 8.78 Å². The Hall–Kier alpha value is -2.41. The van der Waals surface area contributed by atoms with E-state index in [0.29, 0.717) is 24.3 Å². The van der Waals surface area contributed by atoms with Gasteiger partial charge in [0.15, 0.2) is 11.6 Å². The fourth-order valence-corrected chi connectivity index (χ4v) is 1.60. The molecule has 0 spiro atoms. The van der Waals surface area contributed by atoms with E-state index in [0.717, 1.165) is 17.7 Å². The summed E-state index contributed by atoms with van der Waals surface area (Å²) in [5.74, 6) is -1.51. The number of hydrogen-bond donors (Lipinski definition) is 0. The Balaban J connectivity index is 1.89. The first-order chi connectivity index (χ1) is 9.19. The first kappa shape index (κ1) is 13.0. The summed E-state index contributed by atoms with van der Waals surface area (Å²) in [5.41, 5.74) is 1.62. The van der Waals surface area contributed by atoms with E-state index >= 15 is 0 Å². The molecule has 0 aromatic heterocycles. The van der Waals surface area contributed by atoms with Gasteiger partial charge in [-0.1, -0.05) is 12.1 Å². The zero-order valence-corrected chi connectivity index (χ0v) is 10.1. The third kappa shape index (κ3) is 3.52. The Kier molecular flexibility index (Phi) is 4.09. The molecule has 0 unspecified atom stereocenters. The molecule has 2 nitrogen and oxygen atoms in total. The van der Waals surface area contributed by atoms with E-state index in [-0.39, 0.29) is 0 Å². The maximum atomic E-state index is 12.9. The van der Waals surface area contributed by atoms with Crippen molar-refractivity contribution in [3.05, 3.63) is 65.2 Å². The lowest BCUT2D eigenvalue weighted by atomic mass is 10.1. The first-order valence-corrected chi connectivity index (χ1v) is 5.76. The van der Waals surface area contributed by atoms with Crippen LogP contribution in [0, 0.1) is 23.0 Å². The van der Waals surface area contributed by atoms with Gasteiger partial charge >= 0.3 is 0 Å². The molecule has 0 heterocycles. The average Bonchev–Trinajstić information content (AvgIpc) is 2.43. The van der Waals surface area contributed by atoms with Crippen molar-refractivity contribution in [1.29, 1.82) is 5.26 Å². The van der Waals surface area contributed by atoms with Crippen molar-refractivity contribution >= 4 is 0 Å². The number of ether oxygens (including phenoxy) is 1. The minimum Gasteiger partial charge on any atom is -0.493 e. The van der Waals surface area contributed by atoms with Gasteiger partial charge in [0, 0.05) is 12.5 Å². The van der Waals surface area contributed by atoms with Crippen molar-refractivity contribution in [3.63, 3.8) is 0 Å². The molecule has 0 bridgehead atoms. The highest BCUT2D eigenvalue weighted by molar-refractivity contribution is 5.31. The zero-order valence-electron chi connectivity index (χ0n) is 10.1. The standard InChI is InChI=1S/C15H11F2NO/c16-14-6-5-13(9-15(14)17)19-8-7-11-1-3-12(10-18)4-2-11/h1-6,9H,7-8H2. The van der Waals surface area contributed by atoms with Gasteiger partial charge in [-0.2, -0.15) is 5.26 Å². The van der Waals surface area contributed by atoms with Crippen LogP contribution in [0.1, 0.15) is 11.1 Å². The van der Waals surface area contributed by atoms with Crippen LogP contribution >= 0.6 is 0 Å². The van der Waals surface area contributed by atoms with Gasteiger partial charge < -0.3 is 4.74 Å². The van der Waals surface area contributed by atoms with Crippen LogP contribution in [-0.2, 0) is 6.42 Å². The number of nitrogens with zero attached hydrogens (tertiary/aromatic N) is 1. The van der Waals surface area contributed by atoms with Gasteiger partial charge in [-0.3, -0.25) is 0 Å². The Bertz CT molecular complexity index is 603. The van der Waals surface area contributed by atoms with Gasteiger partial charge in [0.1, 0.15) is 5.75 Å².